The Balaban J connectivity index is 2.52. The molecule has 0 aromatic heterocycles. The van der Waals surface area contributed by atoms with Crippen molar-refractivity contribution in [3.8, 4) is 0 Å². The van der Waals surface area contributed by atoms with Gasteiger partial charge >= 0.3 is 0 Å². The summed E-state index contributed by atoms with van der Waals surface area (Å²) >= 11 is 0. The first-order valence-corrected chi connectivity index (χ1v) is 5.38. The van der Waals surface area contributed by atoms with E-state index in [-0.39, 0.29) is 29.9 Å². The number of aliphatic hydroxyl groups is 2. The Morgan fingerprint density at radius 3 is 2.29 bits per heavy atom. The third-order valence-corrected chi connectivity index (χ3v) is 2.78. The number of allylic oxidation sites excluding steroid dienone is 1. The van der Waals surface area contributed by atoms with E-state index >= 15 is 0 Å². The van der Waals surface area contributed by atoms with E-state index < -0.39 is 11.6 Å². The first-order chi connectivity index (χ1) is 8.16. The van der Waals surface area contributed by atoms with Crippen molar-refractivity contribution in [2.75, 3.05) is 6.61 Å². The SMILES string of the molecule is O=C1C(=O)c2ccccc2C(O)=C1CCCO. The minimum absolute atomic E-state index is 0.0834. The van der Waals surface area contributed by atoms with Crippen LogP contribution in [0.2, 0.25) is 0 Å². The van der Waals surface area contributed by atoms with Crippen LogP contribution in [0.15, 0.2) is 29.8 Å². The molecule has 0 saturated carbocycles. The Labute approximate surface area is 98.2 Å². The van der Waals surface area contributed by atoms with Crippen molar-refractivity contribution in [3.63, 3.8) is 0 Å². The minimum Gasteiger partial charge on any atom is -0.507 e. The molecule has 0 heterocycles. The van der Waals surface area contributed by atoms with Gasteiger partial charge in [0, 0.05) is 23.3 Å². The molecule has 1 aliphatic rings. The van der Waals surface area contributed by atoms with Crippen LogP contribution in [0.5, 0.6) is 0 Å². The molecule has 0 spiro atoms. The third kappa shape index (κ3) is 1.87. The van der Waals surface area contributed by atoms with E-state index in [0.717, 1.165) is 0 Å². The Kier molecular flexibility index (Phi) is 3.06. The average Bonchev–Trinajstić information content (AvgIpc) is 2.36. The molecule has 2 N–H and O–H groups in total. The summed E-state index contributed by atoms with van der Waals surface area (Å²) in [5.74, 6) is -1.40. The molecule has 0 fully saturated rings. The highest BCUT2D eigenvalue weighted by molar-refractivity contribution is 6.52. The summed E-state index contributed by atoms with van der Waals surface area (Å²) in [6, 6.07) is 6.47. The van der Waals surface area contributed by atoms with E-state index in [1.54, 1.807) is 18.2 Å². The van der Waals surface area contributed by atoms with Crippen LogP contribution in [0, 0.1) is 0 Å². The van der Waals surface area contributed by atoms with E-state index in [1.807, 2.05) is 0 Å². The maximum atomic E-state index is 11.8. The molecule has 88 valence electrons. The van der Waals surface area contributed by atoms with Gasteiger partial charge in [-0.1, -0.05) is 24.3 Å². The number of hydrogen-bond acceptors (Lipinski definition) is 4. The normalized spacial score (nSPS) is 15.1. The van der Waals surface area contributed by atoms with Gasteiger partial charge in [-0.2, -0.15) is 0 Å². The lowest BCUT2D eigenvalue weighted by molar-refractivity contribution is -0.112. The molecule has 2 rings (SSSR count). The predicted molar refractivity (Wildman–Crippen MR) is 61.6 cm³/mol. The van der Waals surface area contributed by atoms with Crippen molar-refractivity contribution in [2.24, 2.45) is 0 Å². The molecular formula is C13H12O4. The molecule has 0 aliphatic heterocycles. The van der Waals surface area contributed by atoms with Gasteiger partial charge in [0.15, 0.2) is 0 Å². The molecule has 0 radical (unpaired) electrons. The zero-order valence-electron chi connectivity index (χ0n) is 9.14. The highest BCUT2D eigenvalue weighted by atomic mass is 16.3. The molecule has 17 heavy (non-hydrogen) atoms. The second-order valence-electron chi connectivity index (χ2n) is 3.86. The molecule has 0 bridgehead atoms. The highest BCUT2D eigenvalue weighted by Crippen LogP contribution is 2.29. The number of fused-ring (bicyclic) bond motifs is 1. The number of benzene rings is 1. The smallest absolute Gasteiger partial charge is 0.234 e. The maximum absolute atomic E-state index is 11.8. The molecule has 4 nitrogen and oxygen atoms in total. The van der Waals surface area contributed by atoms with Gasteiger partial charge in [0.25, 0.3) is 0 Å². The van der Waals surface area contributed by atoms with Gasteiger partial charge in [0.2, 0.25) is 11.6 Å². The monoisotopic (exact) mass is 232 g/mol. The number of carbonyl (C=O) groups is 2. The zero-order chi connectivity index (χ0) is 12.4. The molecule has 1 aliphatic carbocycles. The quantitative estimate of drug-likeness (QED) is 0.774. The van der Waals surface area contributed by atoms with Gasteiger partial charge < -0.3 is 10.2 Å². The largest absolute Gasteiger partial charge is 0.507 e. The second kappa shape index (κ2) is 4.51. The molecule has 4 heteroatoms. The number of ketones is 2. The van der Waals surface area contributed by atoms with Crippen LogP contribution in [0.3, 0.4) is 0 Å². The van der Waals surface area contributed by atoms with Crippen molar-refractivity contribution in [3.05, 3.63) is 41.0 Å². The molecule has 1 aromatic rings. The average molecular weight is 232 g/mol. The van der Waals surface area contributed by atoms with E-state index in [1.165, 1.54) is 6.07 Å². The lowest BCUT2D eigenvalue weighted by Gasteiger charge is -2.17. The van der Waals surface area contributed by atoms with Crippen LogP contribution >= 0.6 is 0 Å². The van der Waals surface area contributed by atoms with Gasteiger partial charge in [-0.3, -0.25) is 9.59 Å². The Morgan fingerprint density at radius 1 is 1.00 bits per heavy atom. The van der Waals surface area contributed by atoms with Crippen LogP contribution in [0.25, 0.3) is 5.76 Å². The van der Waals surface area contributed by atoms with E-state index in [4.69, 9.17) is 5.11 Å². The summed E-state index contributed by atoms with van der Waals surface area (Å²) in [6.45, 7) is -0.0834. The standard InChI is InChI=1S/C13H12O4/c14-7-3-6-10-11(15)8-4-1-2-5-9(8)12(16)13(10)17/h1-2,4-5,14-15H,3,6-7H2. The van der Waals surface area contributed by atoms with Crippen molar-refractivity contribution < 1.29 is 19.8 Å². The topological polar surface area (TPSA) is 74.6 Å². The molecule has 0 saturated heterocycles. The summed E-state index contributed by atoms with van der Waals surface area (Å²) in [5.41, 5.74) is 0.732. The van der Waals surface area contributed by atoms with Crippen LogP contribution in [-0.2, 0) is 4.79 Å². The lowest BCUT2D eigenvalue weighted by atomic mass is 9.86. The molecule has 0 atom stereocenters. The predicted octanol–water partition coefficient (Wildman–Crippen LogP) is 1.49. The molecular weight excluding hydrogens is 220 g/mol. The lowest BCUT2D eigenvalue weighted by Crippen LogP contribution is -2.24. The van der Waals surface area contributed by atoms with Crippen molar-refractivity contribution >= 4 is 17.3 Å². The third-order valence-electron chi connectivity index (χ3n) is 2.78. The fourth-order valence-electron chi connectivity index (χ4n) is 1.90. The van der Waals surface area contributed by atoms with E-state index in [9.17, 15) is 14.7 Å². The van der Waals surface area contributed by atoms with Crippen molar-refractivity contribution in [2.45, 2.75) is 12.8 Å². The van der Waals surface area contributed by atoms with Gasteiger partial charge in [0.1, 0.15) is 5.76 Å². The summed E-state index contributed by atoms with van der Waals surface area (Å²) < 4.78 is 0. The van der Waals surface area contributed by atoms with Gasteiger partial charge in [-0.25, -0.2) is 0 Å². The first-order valence-electron chi connectivity index (χ1n) is 5.38. The number of aliphatic hydroxyl groups excluding tert-OH is 2. The van der Waals surface area contributed by atoms with Crippen LogP contribution in [-0.4, -0.2) is 28.4 Å². The van der Waals surface area contributed by atoms with Crippen LogP contribution < -0.4 is 0 Å². The Morgan fingerprint density at radius 2 is 1.65 bits per heavy atom. The summed E-state index contributed by atoms with van der Waals surface area (Å²) in [4.78, 5) is 23.5. The number of rotatable bonds is 3. The maximum Gasteiger partial charge on any atom is 0.234 e. The van der Waals surface area contributed by atoms with E-state index in [2.05, 4.69) is 0 Å². The molecule has 0 unspecified atom stereocenters. The fourth-order valence-corrected chi connectivity index (χ4v) is 1.90. The number of hydrogen-bond donors (Lipinski definition) is 2. The molecule has 0 amide bonds. The minimum atomic E-state index is -0.672. The van der Waals surface area contributed by atoms with Crippen molar-refractivity contribution in [1.82, 2.24) is 0 Å². The van der Waals surface area contributed by atoms with Gasteiger partial charge in [0.05, 0.1) is 0 Å². The van der Waals surface area contributed by atoms with Crippen LogP contribution in [0.1, 0.15) is 28.8 Å². The highest BCUT2D eigenvalue weighted by Gasteiger charge is 2.31. The second-order valence-corrected chi connectivity index (χ2v) is 3.86. The van der Waals surface area contributed by atoms with Crippen molar-refractivity contribution in [1.29, 1.82) is 0 Å². The Hall–Kier alpha value is -1.94. The summed E-state index contributed by atoms with van der Waals surface area (Å²) in [7, 11) is 0. The Bertz CT molecular complexity index is 514. The van der Waals surface area contributed by atoms with Gasteiger partial charge in [-0.15, -0.1) is 0 Å². The summed E-state index contributed by atoms with van der Waals surface area (Å²) in [6.07, 6.45) is 0.557. The summed E-state index contributed by atoms with van der Waals surface area (Å²) in [5, 5.41) is 18.7. The molecule has 1 aromatic carbocycles. The number of carbonyl (C=O) groups excluding carboxylic acids is 2. The van der Waals surface area contributed by atoms with Crippen LogP contribution in [0.4, 0.5) is 0 Å². The zero-order valence-corrected chi connectivity index (χ0v) is 9.14. The van der Waals surface area contributed by atoms with E-state index in [0.29, 0.717) is 12.0 Å². The number of Topliss-reactive ketones (excluding diaryl/α,β-unsaturated/α-hetero) is 2. The fraction of sp³-hybridized carbons (Fsp3) is 0.231. The first kappa shape index (κ1) is 11.5. The van der Waals surface area contributed by atoms with Gasteiger partial charge in [-0.05, 0) is 12.8 Å².